The summed E-state index contributed by atoms with van der Waals surface area (Å²) >= 11 is 0. The zero-order chi connectivity index (χ0) is 19.7. The van der Waals surface area contributed by atoms with Crippen LogP contribution in [0.25, 0.3) is 0 Å². The Hall–Kier alpha value is -2.83. The average Bonchev–Trinajstić information content (AvgIpc) is 2.68. The molecule has 2 amide bonds. The number of hydrogen-bond donors (Lipinski definition) is 0. The number of benzene rings is 1. The summed E-state index contributed by atoms with van der Waals surface area (Å²) in [5.74, 6) is 0.342. The molecule has 2 aliphatic rings. The van der Waals surface area contributed by atoms with Gasteiger partial charge < -0.3 is 14.5 Å². The van der Waals surface area contributed by atoms with Crippen molar-refractivity contribution in [3.63, 3.8) is 0 Å². The number of nitrogens with zero attached hydrogens (tertiary/aromatic N) is 4. The Morgan fingerprint density at radius 3 is 2.82 bits per heavy atom. The molecule has 148 valence electrons. The predicted molar refractivity (Wildman–Crippen MR) is 107 cm³/mol. The van der Waals surface area contributed by atoms with Crippen LogP contribution in [-0.2, 0) is 6.42 Å². The Kier molecular flexibility index (Phi) is 5.07. The quantitative estimate of drug-likeness (QED) is 0.812. The van der Waals surface area contributed by atoms with Crippen LogP contribution in [0.5, 0.6) is 5.88 Å². The Morgan fingerprint density at radius 2 is 2.14 bits per heavy atom. The third-order valence-corrected chi connectivity index (χ3v) is 5.56. The normalized spacial score (nSPS) is 16.4. The van der Waals surface area contributed by atoms with Crippen molar-refractivity contribution in [1.29, 1.82) is 0 Å². The van der Waals surface area contributed by atoms with Crippen molar-refractivity contribution in [2.75, 3.05) is 43.1 Å². The van der Waals surface area contributed by atoms with E-state index in [1.807, 2.05) is 24.0 Å². The first-order valence-electron chi connectivity index (χ1n) is 9.72. The molecule has 3 heterocycles. The topological polar surface area (TPSA) is 48.9 Å². The maximum Gasteiger partial charge on any atom is 0.324 e. The molecule has 1 saturated heterocycles. The third kappa shape index (κ3) is 3.37. The first kappa shape index (κ1) is 18.5. The van der Waals surface area contributed by atoms with Crippen molar-refractivity contribution in [2.45, 2.75) is 25.8 Å². The fourth-order valence-corrected chi connectivity index (χ4v) is 4.03. The van der Waals surface area contributed by atoms with E-state index >= 15 is 0 Å². The highest BCUT2D eigenvalue weighted by Crippen LogP contribution is 2.32. The van der Waals surface area contributed by atoms with E-state index in [1.165, 1.54) is 6.07 Å². The largest absolute Gasteiger partial charge is 0.481 e. The van der Waals surface area contributed by atoms with Gasteiger partial charge >= 0.3 is 6.03 Å². The van der Waals surface area contributed by atoms with Gasteiger partial charge in [-0.05, 0) is 49.6 Å². The van der Waals surface area contributed by atoms with Gasteiger partial charge in [-0.15, -0.1) is 0 Å². The van der Waals surface area contributed by atoms with Gasteiger partial charge in [0, 0.05) is 37.9 Å². The second kappa shape index (κ2) is 7.66. The number of pyridine rings is 1. The Labute approximate surface area is 164 Å². The predicted octanol–water partition coefficient (Wildman–Crippen LogP) is 3.31. The minimum atomic E-state index is -0.183. The molecule has 1 fully saturated rings. The third-order valence-electron chi connectivity index (χ3n) is 5.56. The van der Waals surface area contributed by atoms with Gasteiger partial charge in [-0.2, -0.15) is 0 Å². The highest BCUT2D eigenvalue weighted by molar-refractivity contribution is 5.92. The number of halogens is 1. The standard InChI is InChI=1S/C21H25FN4O2/c1-3-25(17-7-9-20(28-2)23-12-17)21(27)24-13-18(14-24)26-10-4-5-15-11-16(22)6-8-19(15)26/h6-9,11-12,18H,3-5,10,13-14H2,1-2H3. The summed E-state index contributed by atoms with van der Waals surface area (Å²) < 4.78 is 18.6. The Morgan fingerprint density at radius 1 is 1.32 bits per heavy atom. The van der Waals surface area contributed by atoms with E-state index in [0.29, 0.717) is 25.5 Å². The molecule has 0 aliphatic carbocycles. The van der Waals surface area contributed by atoms with Crippen LogP contribution in [0, 0.1) is 5.82 Å². The lowest BCUT2D eigenvalue weighted by Crippen LogP contribution is -2.64. The van der Waals surface area contributed by atoms with E-state index in [1.54, 1.807) is 30.3 Å². The molecule has 0 bridgehead atoms. The second-order valence-corrected chi connectivity index (χ2v) is 7.21. The molecule has 4 rings (SSSR count). The molecule has 0 atom stereocenters. The number of rotatable bonds is 4. The maximum absolute atomic E-state index is 13.5. The summed E-state index contributed by atoms with van der Waals surface area (Å²) in [5.41, 5.74) is 2.93. The minimum absolute atomic E-state index is 0.0120. The molecule has 0 radical (unpaired) electrons. The lowest BCUT2D eigenvalue weighted by molar-refractivity contribution is 0.154. The van der Waals surface area contributed by atoms with Crippen molar-refractivity contribution >= 4 is 17.4 Å². The lowest BCUT2D eigenvalue weighted by atomic mass is 9.97. The van der Waals surface area contributed by atoms with Gasteiger partial charge in [0.15, 0.2) is 0 Å². The molecule has 6 nitrogen and oxygen atoms in total. The van der Waals surface area contributed by atoms with Gasteiger partial charge in [0.1, 0.15) is 5.82 Å². The van der Waals surface area contributed by atoms with E-state index in [4.69, 9.17) is 4.74 Å². The highest BCUT2D eigenvalue weighted by atomic mass is 19.1. The van der Waals surface area contributed by atoms with Gasteiger partial charge in [0.05, 0.1) is 25.0 Å². The van der Waals surface area contributed by atoms with E-state index in [2.05, 4.69) is 9.88 Å². The summed E-state index contributed by atoms with van der Waals surface area (Å²) in [6.07, 6.45) is 3.58. The van der Waals surface area contributed by atoms with Crippen molar-refractivity contribution in [3.8, 4) is 5.88 Å². The molecule has 7 heteroatoms. The van der Waals surface area contributed by atoms with Gasteiger partial charge in [0.2, 0.25) is 5.88 Å². The second-order valence-electron chi connectivity index (χ2n) is 7.21. The van der Waals surface area contributed by atoms with E-state index < -0.39 is 0 Å². The molecule has 0 N–H and O–H groups in total. The molecule has 2 aromatic rings. The van der Waals surface area contributed by atoms with Crippen molar-refractivity contribution in [1.82, 2.24) is 9.88 Å². The number of aromatic nitrogens is 1. The van der Waals surface area contributed by atoms with E-state index in [-0.39, 0.29) is 17.9 Å². The van der Waals surface area contributed by atoms with Gasteiger partial charge in [-0.25, -0.2) is 14.2 Å². The molecule has 0 saturated carbocycles. The number of aryl methyl sites for hydroxylation is 1. The highest BCUT2D eigenvalue weighted by Gasteiger charge is 2.38. The Balaban J connectivity index is 1.42. The number of urea groups is 1. The molecule has 0 unspecified atom stereocenters. The summed E-state index contributed by atoms with van der Waals surface area (Å²) in [6, 6.07) is 8.90. The van der Waals surface area contributed by atoms with Gasteiger partial charge in [-0.1, -0.05) is 0 Å². The smallest absolute Gasteiger partial charge is 0.324 e. The summed E-state index contributed by atoms with van der Waals surface area (Å²) in [4.78, 5) is 23.1. The van der Waals surface area contributed by atoms with Crippen LogP contribution in [0.1, 0.15) is 18.9 Å². The number of methoxy groups -OCH3 is 1. The first-order valence-corrected chi connectivity index (χ1v) is 9.72. The van der Waals surface area contributed by atoms with Crippen LogP contribution in [-0.4, -0.2) is 55.2 Å². The zero-order valence-electron chi connectivity index (χ0n) is 16.3. The number of anilines is 2. The van der Waals surface area contributed by atoms with Crippen LogP contribution in [0.3, 0.4) is 0 Å². The van der Waals surface area contributed by atoms with Crippen LogP contribution in [0.15, 0.2) is 36.5 Å². The van der Waals surface area contributed by atoms with Crippen LogP contribution >= 0.6 is 0 Å². The number of amides is 2. The first-order chi connectivity index (χ1) is 13.6. The van der Waals surface area contributed by atoms with Gasteiger partial charge in [0.25, 0.3) is 0 Å². The zero-order valence-corrected chi connectivity index (χ0v) is 16.3. The maximum atomic E-state index is 13.5. The van der Waals surface area contributed by atoms with E-state index in [9.17, 15) is 9.18 Å². The molecule has 0 spiro atoms. The molecule has 2 aliphatic heterocycles. The number of carbonyl (C=O) groups excluding carboxylic acids is 1. The molecular formula is C21H25FN4O2. The summed E-state index contributed by atoms with van der Waals surface area (Å²) in [7, 11) is 1.57. The Bertz CT molecular complexity index is 852. The van der Waals surface area contributed by atoms with Crippen LogP contribution in [0.2, 0.25) is 0 Å². The number of carbonyl (C=O) groups is 1. The van der Waals surface area contributed by atoms with Gasteiger partial charge in [-0.3, -0.25) is 4.90 Å². The average molecular weight is 384 g/mol. The molecular weight excluding hydrogens is 359 g/mol. The van der Waals surface area contributed by atoms with Crippen molar-refractivity contribution < 1.29 is 13.9 Å². The van der Waals surface area contributed by atoms with Crippen molar-refractivity contribution in [3.05, 3.63) is 47.9 Å². The number of ether oxygens (including phenoxy) is 1. The minimum Gasteiger partial charge on any atom is -0.481 e. The fourth-order valence-electron chi connectivity index (χ4n) is 4.03. The monoisotopic (exact) mass is 384 g/mol. The van der Waals surface area contributed by atoms with Crippen molar-refractivity contribution in [2.24, 2.45) is 0 Å². The number of fused-ring (bicyclic) bond motifs is 1. The van der Waals surface area contributed by atoms with Crippen LogP contribution < -0.4 is 14.5 Å². The van der Waals surface area contributed by atoms with Crippen LogP contribution in [0.4, 0.5) is 20.6 Å². The molecule has 28 heavy (non-hydrogen) atoms. The lowest BCUT2D eigenvalue weighted by Gasteiger charge is -2.49. The summed E-state index contributed by atoms with van der Waals surface area (Å²) in [6.45, 7) is 4.82. The molecule has 1 aromatic carbocycles. The SMILES string of the molecule is CCN(C(=O)N1CC(N2CCCc3cc(F)ccc32)C1)c1ccc(OC)nc1. The molecule has 1 aromatic heterocycles. The fraction of sp³-hybridized carbons (Fsp3) is 0.429. The van der Waals surface area contributed by atoms with E-state index in [0.717, 1.165) is 36.3 Å². The number of likely N-dealkylation sites (tertiary alicyclic amines) is 1. The summed E-state index contributed by atoms with van der Waals surface area (Å²) in [5, 5.41) is 0. The number of hydrogen-bond acceptors (Lipinski definition) is 4.